The van der Waals surface area contributed by atoms with Crippen LogP contribution >= 0.6 is 15.9 Å². The Morgan fingerprint density at radius 2 is 2.28 bits per heavy atom. The molecule has 2 unspecified atom stereocenters. The Labute approximate surface area is 117 Å². The van der Waals surface area contributed by atoms with Gasteiger partial charge in [0.25, 0.3) is 0 Å². The van der Waals surface area contributed by atoms with Crippen molar-refractivity contribution in [2.24, 2.45) is 11.7 Å². The number of benzene rings is 1. The summed E-state index contributed by atoms with van der Waals surface area (Å²) >= 11 is 3.45. The van der Waals surface area contributed by atoms with Crippen LogP contribution in [0.3, 0.4) is 0 Å². The lowest BCUT2D eigenvalue weighted by atomic mass is 9.92. The summed E-state index contributed by atoms with van der Waals surface area (Å²) < 4.78 is 1.00. The number of rotatable bonds is 3. The van der Waals surface area contributed by atoms with E-state index in [1.54, 1.807) is 6.07 Å². The zero-order valence-electron chi connectivity index (χ0n) is 10.8. The lowest BCUT2D eigenvalue weighted by Gasteiger charge is -2.38. The maximum Gasteiger partial charge on any atom is 0.120 e. The molecule has 2 rings (SSSR count). The molecule has 1 aliphatic rings. The van der Waals surface area contributed by atoms with Crippen LogP contribution in [0.1, 0.15) is 25.3 Å². The first-order valence-corrected chi connectivity index (χ1v) is 7.31. The topological polar surface area (TPSA) is 49.5 Å². The van der Waals surface area contributed by atoms with Gasteiger partial charge in [-0.2, -0.15) is 0 Å². The number of hydrogen-bond acceptors (Lipinski definition) is 3. The van der Waals surface area contributed by atoms with Gasteiger partial charge in [0.2, 0.25) is 0 Å². The van der Waals surface area contributed by atoms with Crippen LogP contribution in [-0.2, 0) is 6.54 Å². The highest BCUT2D eigenvalue weighted by Crippen LogP contribution is 2.28. The number of aromatic hydroxyl groups is 1. The normalized spacial score (nSPS) is 25.3. The van der Waals surface area contributed by atoms with Crippen LogP contribution in [0.5, 0.6) is 5.75 Å². The van der Waals surface area contributed by atoms with Crippen molar-refractivity contribution in [2.45, 2.75) is 32.4 Å². The first kappa shape index (κ1) is 13.8. The number of nitrogens with zero attached hydrogens (tertiary/aromatic N) is 1. The van der Waals surface area contributed by atoms with E-state index in [4.69, 9.17) is 5.73 Å². The molecule has 3 N–H and O–H groups in total. The highest BCUT2D eigenvalue weighted by molar-refractivity contribution is 9.10. The van der Waals surface area contributed by atoms with Crippen LogP contribution in [0.15, 0.2) is 22.7 Å². The van der Waals surface area contributed by atoms with Crippen molar-refractivity contribution >= 4 is 15.9 Å². The predicted molar refractivity (Wildman–Crippen MR) is 77.5 cm³/mol. The zero-order valence-corrected chi connectivity index (χ0v) is 12.4. The molecule has 1 aromatic rings. The molecule has 100 valence electrons. The lowest BCUT2D eigenvalue weighted by molar-refractivity contribution is 0.114. The summed E-state index contributed by atoms with van der Waals surface area (Å²) in [6, 6.07) is 6.02. The molecule has 4 heteroatoms. The van der Waals surface area contributed by atoms with Gasteiger partial charge >= 0.3 is 0 Å². The summed E-state index contributed by atoms with van der Waals surface area (Å²) in [6.45, 7) is 4.82. The Bertz CT molecular complexity index is 411. The third-order valence-electron chi connectivity index (χ3n) is 3.79. The molecule has 1 fully saturated rings. The quantitative estimate of drug-likeness (QED) is 0.902. The van der Waals surface area contributed by atoms with Crippen molar-refractivity contribution in [3.8, 4) is 5.75 Å². The van der Waals surface area contributed by atoms with Crippen LogP contribution in [-0.4, -0.2) is 29.1 Å². The van der Waals surface area contributed by atoms with Crippen molar-refractivity contribution < 1.29 is 5.11 Å². The van der Waals surface area contributed by atoms with Gasteiger partial charge in [0.15, 0.2) is 0 Å². The maximum atomic E-state index is 9.90. The highest BCUT2D eigenvalue weighted by atomic mass is 79.9. The molecular formula is C14H21BrN2O. The smallest absolute Gasteiger partial charge is 0.120 e. The number of phenolic OH excluding ortho intramolecular Hbond substituents is 1. The Morgan fingerprint density at radius 1 is 1.50 bits per heavy atom. The first-order chi connectivity index (χ1) is 8.60. The van der Waals surface area contributed by atoms with Crippen molar-refractivity contribution in [1.29, 1.82) is 0 Å². The fourth-order valence-corrected chi connectivity index (χ4v) is 3.06. The average molecular weight is 313 g/mol. The van der Waals surface area contributed by atoms with Crippen molar-refractivity contribution in [3.63, 3.8) is 0 Å². The van der Waals surface area contributed by atoms with Gasteiger partial charge in [0.05, 0.1) is 0 Å². The Hall–Kier alpha value is -0.580. The number of hydrogen-bond donors (Lipinski definition) is 2. The summed E-state index contributed by atoms with van der Waals surface area (Å²) in [5.41, 5.74) is 6.83. The van der Waals surface area contributed by atoms with Crippen molar-refractivity contribution in [3.05, 3.63) is 28.2 Å². The average Bonchev–Trinajstić information content (AvgIpc) is 2.36. The molecular weight excluding hydrogens is 292 g/mol. The van der Waals surface area contributed by atoms with E-state index in [0.717, 1.165) is 35.5 Å². The van der Waals surface area contributed by atoms with Gasteiger partial charge < -0.3 is 10.8 Å². The highest BCUT2D eigenvalue weighted by Gasteiger charge is 2.25. The van der Waals surface area contributed by atoms with Crippen LogP contribution in [0.25, 0.3) is 0 Å². The summed E-state index contributed by atoms with van der Waals surface area (Å²) in [5, 5.41) is 9.90. The molecule has 1 heterocycles. The number of likely N-dealkylation sites (tertiary alicyclic amines) is 1. The van der Waals surface area contributed by atoms with Gasteiger partial charge in [-0.25, -0.2) is 0 Å². The zero-order chi connectivity index (χ0) is 13.1. The van der Waals surface area contributed by atoms with E-state index in [0.29, 0.717) is 18.3 Å². The fraction of sp³-hybridized carbons (Fsp3) is 0.571. The first-order valence-electron chi connectivity index (χ1n) is 6.51. The van der Waals surface area contributed by atoms with Crippen molar-refractivity contribution in [2.75, 3.05) is 13.1 Å². The molecule has 0 radical (unpaired) electrons. The van der Waals surface area contributed by atoms with E-state index < -0.39 is 0 Å². The third-order valence-corrected chi connectivity index (χ3v) is 4.28. The van der Waals surface area contributed by atoms with E-state index in [1.807, 2.05) is 12.1 Å². The number of nitrogens with two attached hydrogens (primary N) is 1. The van der Waals surface area contributed by atoms with Gasteiger partial charge in [-0.3, -0.25) is 4.90 Å². The van der Waals surface area contributed by atoms with Crippen molar-refractivity contribution in [1.82, 2.24) is 4.90 Å². The Morgan fingerprint density at radius 3 is 3.00 bits per heavy atom. The molecule has 0 bridgehead atoms. The predicted octanol–water partition coefficient (Wildman–Crippen LogP) is 2.71. The molecule has 1 aliphatic heterocycles. The third kappa shape index (κ3) is 3.25. The second-order valence-corrected chi connectivity index (χ2v) is 6.18. The minimum absolute atomic E-state index is 0.368. The molecule has 0 spiro atoms. The van der Waals surface area contributed by atoms with Crippen LogP contribution < -0.4 is 5.73 Å². The van der Waals surface area contributed by atoms with Gasteiger partial charge in [0.1, 0.15) is 5.75 Å². The number of piperidine rings is 1. The number of phenols is 1. The van der Waals surface area contributed by atoms with Gasteiger partial charge in [0, 0.05) is 29.2 Å². The fourth-order valence-electron chi connectivity index (χ4n) is 2.65. The van der Waals surface area contributed by atoms with Crippen LogP contribution in [0.4, 0.5) is 0 Å². The Kier molecular flexibility index (Phi) is 4.65. The van der Waals surface area contributed by atoms with Crippen LogP contribution in [0, 0.1) is 5.92 Å². The largest absolute Gasteiger partial charge is 0.508 e. The molecule has 18 heavy (non-hydrogen) atoms. The summed E-state index contributed by atoms with van der Waals surface area (Å²) in [6.07, 6.45) is 2.37. The summed E-state index contributed by atoms with van der Waals surface area (Å²) in [7, 11) is 0. The number of halogens is 1. The molecule has 0 aliphatic carbocycles. The minimum Gasteiger partial charge on any atom is -0.508 e. The second-order valence-electron chi connectivity index (χ2n) is 5.26. The minimum atomic E-state index is 0.368. The van der Waals surface area contributed by atoms with E-state index in [-0.39, 0.29) is 0 Å². The van der Waals surface area contributed by atoms with E-state index in [1.165, 1.54) is 6.42 Å². The molecule has 1 saturated heterocycles. The molecule has 1 aromatic carbocycles. The summed E-state index contributed by atoms with van der Waals surface area (Å²) in [4.78, 5) is 2.39. The van der Waals surface area contributed by atoms with E-state index >= 15 is 0 Å². The molecule has 2 atom stereocenters. The molecule has 3 nitrogen and oxygen atoms in total. The second kappa shape index (κ2) is 6.04. The van der Waals surface area contributed by atoms with E-state index in [2.05, 4.69) is 27.8 Å². The molecule has 0 amide bonds. The molecule has 0 aromatic heterocycles. The Balaban J connectivity index is 2.10. The SMILES string of the molecule is CC1CCN(Cc2cc(Br)ccc2O)C(CN)C1. The standard InChI is InChI=1S/C14H21BrN2O/c1-10-4-5-17(13(6-10)8-16)9-11-7-12(15)2-3-14(11)18/h2-3,7,10,13,18H,4-6,8-9,16H2,1H3. The van der Waals surface area contributed by atoms with E-state index in [9.17, 15) is 5.11 Å². The monoisotopic (exact) mass is 312 g/mol. The molecule has 0 saturated carbocycles. The summed E-state index contributed by atoms with van der Waals surface area (Å²) in [5.74, 6) is 1.12. The van der Waals surface area contributed by atoms with Gasteiger partial charge in [-0.15, -0.1) is 0 Å². The van der Waals surface area contributed by atoms with Crippen LogP contribution in [0.2, 0.25) is 0 Å². The lowest BCUT2D eigenvalue weighted by Crippen LogP contribution is -2.45. The van der Waals surface area contributed by atoms with Gasteiger partial charge in [-0.1, -0.05) is 22.9 Å². The maximum absolute atomic E-state index is 9.90. The van der Waals surface area contributed by atoms with Gasteiger partial charge in [-0.05, 0) is 43.5 Å².